The van der Waals surface area contributed by atoms with E-state index in [1.807, 2.05) is 36.4 Å². The predicted molar refractivity (Wildman–Crippen MR) is 92.6 cm³/mol. The Morgan fingerprint density at radius 2 is 2.08 bits per heavy atom. The summed E-state index contributed by atoms with van der Waals surface area (Å²) in [5.74, 6) is 0.993. The monoisotopic (exact) mass is 387 g/mol. The van der Waals surface area contributed by atoms with Crippen molar-refractivity contribution in [2.24, 2.45) is 0 Å². The lowest BCUT2D eigenvalue weighted by atomic mass is 10.2. The molecule has 6 nitrogen and oxygen atoms in total. The number of anilines is 1. The standard InChI is InChI=1S/C17H14BrN3O3/c18-13-4-2-6-15(10-13)23-8-7-16(22)20-14-5-1-3-12(9-14)17-21-19-11-24-17/h1-6,9-11H,7-8H2,(H,20,22). The molecule has 1 aromatic heterocycles. The highest BCUT2D eigenvalue weighted by molar-refractivity contribution is 9.10. The van der Waals surface area contributed by atoms with E-state index in [4.69, 9.17) is 9.15 Å². The lowest BCUT2D eigenvalue weighted by molar-refractivity contribution is -0.116. The van der Waals surface area contributed by atoms with Crippen LogP contribution in [0.15, 0.2) is 63.8 Å². The Morgan fingerprint density at radius 3 is 2.88 bits per heavy atom. The van der Waals surface area contributed by atoms with Crippen LogP contribution in [0.1, 0.15) is 6.42 Å². The number of benzene rings is 2. The summed E-state index contributed by atoms with van der Waals surface area (Å²) < 4.78 is 11.6. The molecule has 0 aliphatic heterocycles. The third-order valence-electron chi connectivity index (χ3n) is 3.15. The molecule has 1 amide bonds. The van der Waals surface area contributed by atoms with Crippen LogP contribution < -0.4 is 10.1 Å². The molecule has 0 atom stereocenters. The van der Waals surface area contributed by atoms with Gasteiger partial charge in [-0.25, -0.2) is 0 Å². The first-order valence-electron chi connectivity index (χ1n) is 7.25. The summed E-state index contributed by atoms with van der Waals surface area (Å²) in [5, 5.41) is 10.3. The van der Waals surface area contributed by atoms with Gasteiger partial charge in [-0.1, -0.05) is 28.1 Å². The molecular formula is C17H14BrN3O3. The molecule has 1 N–H and O–H groups in total. The van der Waals surface area contributed by atoms with Crippen LogP contribution in [0.2, 0.25) is 0 Å². The Balaban J connectivity index is 1.52. The van der Waals surface area contributed by atoms with Gasteiger partial charge in [-0.3, -0.25) is 4.79 Å². The lowest BCUT2D eigenvalue weighted by Gasteiger charge is -2.08. The maximum atomic E-state index is 12.0. The minimum atomic E-state index is -0.132. The van der Waals surface area contributed by atoms with Crippen LogP contribution in [0, 0.1) is 0 Å². The van der Waals surface area contributed by atoms with Crippen molar-refractivity contribution < 1.29 is 13.9 Å². The first-order chi connectivity index (χ1) is 11.7. The van der Waals surface area contributed by atoms with Crippen LogP contribution in [0.4, 0.5) is 5.69 Å². The van der Waals surface area contributed by atoms with E-state index in [0.717, 1.165) is 15.8 Å². The van der Waals surface area contributed by atoms with Gasteiger partial charge in [-0.05, 0) is 36.4 Å². The molecule has 0 fully saturated rings. The average Bonchev–Trinajstić information content (AvgIpc) is 3.10. The molecule has 0 radical (unpaired) electrons. The third kappa shape index (κ3) is 4.42. The van der Waals surface area contributed by atoms with E-state index in [2.05, 4.69) is 31.4 Å². The maximum absolute atomic E-state index is 12.0. The lowest BCUT2D eigenvalue weighted by Crippen LogP contribution is -2.15. The predicted octanol–water partition coefficient (Wildman–Crippen LogP) is 3.91. The van der Waals surface area contributed by atoms with Gasteiger partial charge in [0.1, 0.15) is 5.75 Å². The summed E-state index contributed by atoms with van der Waals surface area (Å²) in [6, 6.07) is 14.7. The molecule has 7 heteroatoms. The van der Waals surface area contributed by atoms with Crippen molar-refractivity contribution in [1.82, 2.24) is 10.2 Å². The Labute approximate surface area is 147 Å². The summed E-state index contributed by atoms with van der Waals surface area (Å²) in [7, 11) is 0. The van der Waals surface area contributed by atoms with Crippen LogP contribution in [0.5, 0.6) is 5.75 Å². The minimum absolute atomic E-state index is 0.132. The van der Waals surface area contributed by atoms with E-state index in [1.165, 1.54) is 6.39 Å². The number of nitrogens with zero attached hydrogens (tertiary/aromatic N) is 2. The zero-order valence-electron chi connectivity index (χ0n) is 12.6. The second-order valence-corrected chi connectivity index (χ2v) is 5.84. The highest BCUT2D eigenvalue weighted by Gasteiger charge is 2.07. The van der Waals surface area contributed by atoms with Crippen molar-refractivity contribution in [3.8, 4) is 17.2 Å². The number of amides is 1. The number of carbonyl (C=O) groups is 1. The largest absolute Gasteiger partial charge is 0.493 e. The van der Waals surface area contributed by atoms with Gasteiger partial charge in [0, 0.05) is 15.7 Å². The van der Waals surface area contributed by atoms with Crippen molar-refractivity contribution in [2.75, 3.05) is 11.9 Å². The van der Waals surface area contributed by atoms with Gasteiger partial charge in [0.15, 0.2) is 0 Å². The second kappa shape index (κ2) is 7.74. The molecule has 3 aromatic rings. The first-order valence-corrected chi connectivity index (χ1v) is 8.05. The Kier molecular flexibility index (Phi) is 5.22. The van der Waals surface area contributed by atoms with Crippen molar-refractivity contribution in [2.45, 2.75) is 6.42 Å². The van der Waals surface area contributed by atoms with Gasteiger partial charge in [-0.15, -0.1) is 10.2 Å². The van der Waals surface area contributed by atoms with E-state index in [0.29, 0.717) is 18.2 Å². The molecule has 1 heterocycles. The van der Waals surface area contributed by atoms with Crippen molar-refractivity contribution >= 4 is 27.5 Å². The van der Waals surface area contributed by atoms with Gasteiger partial charge in [0.2, 0.25) is 18.2 Å². The fourth-order valence-corrected chi connectivity index (χ4v) is 2.45. The number of hydrogen-bond acceptors (Lipinski definition) is 5. The number of ether oxygens (including phenoxy) is 1. The minimum Gasteiger partial charge on any atom is -0.493 e. The molecule has 0 aliphatic carbocycles. The van der Waals surface area contributed by atoms with E-state index in [-0.39, 0.29) is 12.3 Å². The van der Waals surface area contributed by atoms with Crippen molar-refractivity contribution in [3.63, 3.8) is 0 Å². The van der Waals surface area contributed by atoms with Crippen LogP contribution >= 0.6 is 15.9 Å². The highest BCUT2D eigenvalue weighted by atomic mass is 79.9. The first kappa shape index (κ1) is 16.2. The van der Waals surface area contributed by atoms with E-state index < -0.39 is 0 Å². The maximum Gasteiger partial charge on any atom is 0.247 e. The highest BCUT2D eigenvalue weighted by Crippen LogP contribution is 2.21. The molecule has 0 saturated heterocycles. The summed E-state index contributed by atoms with van der Waals surface area (Å²) in [4.78, 5) is 12.0. The fraction of sp³-hybridized carbons (Fsp3) is 0.118. The number of carbonyl (C=O) groups excluding carboxylic acids is 1. The SMILES string of the molecule is O=C(CCOc1cccc(Br)c1)Nc1cccc(-c2nnco2)c1. The van der Waals surface area contributed by atoms with E-state index >= 15 is 0 Å². The van der Waals surface area contributed by atoms with Gasteiger partial charge >= 0.3 is 0 Å². The zero-order chi connectivity index (χ0) is 16.8. The number of halogens is 1. The quantitative estimate of drug-likeness (QED) is 0.693. The van der Waals surface area contributed by atoms with Crippen molar-refractivity contribution in [3.05, 3.63) is 59.4 Å². The molecule has 24 heavy (non-hydrogen) atoms. The van der Waals surface area contributed by atoms with Crippen molar-refractivity contribution in [1.29, 1.82) is 0 Å². The van der Waals surface area contributed by atoms with E-state index in [9.17, 15) is 4.79 Å². The molecule has 2 aromatic carbocycles. The fourth-order valence-electron chi connectivity index (χ4n) is 2.07. The summed E-state index contributed by atoms with van der Waals surface area (Å²) in [6.45, 7) is 0.297. The summed E-state index contributed by atoms with van der Waals surface area (Å²) >= 11 is 3.37. The summed E-state index contributed by atoms with van der Waals surface area (Å²) in [6.07, 6.45) is 1.51. The molecule has 0 bridgehead atoms. The molecule has 3 rings (SSSR count). The summed E-state index contributed by atoms with van der Waals surface area (Å²) in [5.41, 5.74) is 1.41. The molecule has 0 aliphatic rings. The molecule has 0 unspecified atom stereocenters. The Bertz CT molecular complexity index is 821. The van der Waals surface area contributed by atoms with Gasteiger partial charge < -0.3 is 14.5 Å². The third-order valence-corrected chi connectivity index (χ3v) is 3.64. The zero-order valence-corrected chi connectivity index (χ0v) is 14.2. The second-order valence-electron chi connectivity index (χ2n) is 4.93. The Hall–Kier alpha value is -2.67. The van der Waals surface area contributed by atoms with Gasteiger partial charge in [-0.2, -0.15) is 0 Å². The van der Waals surface area contributed by atoms with E-state index in [1.54, 1.807) is 12.1 Å². The Morgan fingerprint density at radius 1 is 1.21 bits per heavy atom. The number of hydrogen-bond donors (Lipinski definition) is 1. The number of aromatic nitrogens is 2. The van der Waals surface area contributed by atoms with Gasteiger partial charge in [0.25, 0.3) is 0 Å². The molecule has 122 valence electrons. The number of nitrogens with one attached hydrogen (secondary N) is 1. The smallest absolute Gasteiger partial charge is 0.247 e. The normalized spacial score (nSPS) is 10.4. The molecular weight excluding hydrogens is 374 g/mol. The average molecular weight is 388 g/mol. The van der Waals surface area contributed by atoms with Crippen LogP contribution in [0.25, 0.3) is 11.5 Å². The van der Waals surface area contributed by atoms with Crippen LogP contribution in [0.3, 0.4) is 0 Å². The molecule has 0 saturated carbocycles. The topological polar surface area (TPSA) is 77.2 Å². The van der Waals surface area contributed by atoms with Crippen LogP contribution in [-0.4, -0.2) is 22.7 Å². The number of rotatable bonds is 6. The van der Waals surface area contributed by atoms with Crippen LogP contribution in [-0.2, 0) is 4.79 Å². The molecule has 0 spiro atoms. The van der Waals surface area contributed by atoms with Gasteiger partial charge in [0.05, 0.1) is 13.0 Å².